The molecule has 1 aliphatic rings. The van der Waals surface area contributed by atoms with Crippen LogP contribution in [0.1, 0.15) is 6.92 Å². The van der Waals surface area contributed by atoms with E-state index < -0.39 is 6.09 Å². The van der Waals surface area contributed by atoms with Gasteiger partial charge in [-0.25, -0.2) is 14.8 Å². The number of rotatable bonds is 8. The molecular weight excluding hydrogens is 533 g/mol. The highest BCUT2D eigenvalue weighted by Gasteiger charge is 2.37. The maximum atomic E-state index is 12.3. The number of nitrogens with zero attached hydrogens (tertiary/aromatic N) is 3. The molecule has 0 radical (unpaired) electrons. The van der Waals surface area contributed by atoms with Crippen molar-refractivity contribution in [3.63, 3.8) is 0 Å². The Hall–Kier alpha value is -3.76. The molecule has 2 amide bonds. The molecule has 2 atom stereocenters. The van der Waals surface area contributed by atoms with Gasteiger partial charge in [-0.15, -0.1) is 0 Å². The lowest BCUT2D eigenvalue weighted by Gasteiger charge is -2.20. The van der Waals surface area contributed by atoms with E-state index >= 15 is 0 Å². The second-order valence-electron chi connectivity index (χ2n) is 8.43. The van der Waals surface area contributed by atoms with Crippen molar-refractivity contribution in [2.24, 2.45) is 0 Å². The third-order valence-electron chi connectivity index (χ3n) is 6.12. The summed E-state index contributed by atoms with van der Waals surface area (Å²) in [7, 11) is 3.04. The number of aromatic nitrogens is 2. The van der Waals surface area contributed by atoms with Crippen LogP contribution in [0.2, 0.25) is 10.0 Å². The number of halogens is 2. The van der Waals surface area contributed by atoms with E-state index in [2.05, 4.69) is 27.2 Å². The fraction of sp³-hybridized carbons (Fsp3) is 0.308. The normalized spacial score (nSPS) is 16.7. The van der Waals surface area contributed by atoms with Gasteiger partial charge in [0.05, 0.1) is 48.5 Å². The molecule has 200 valence electrons. The number of methoxy groups -OCH3 is 2. The number of hydrogen-bond acceptors (Lipinski definition) is 8. The van der Waals surface area contributed by atoms with Gasteiger partial charge in [0.2, 0.25) is 11.9 Å². The van der Waals surface area contributed by atoms with Gasteiger partial charge in [-0.3, -0.25) is 4.79 Å². The van der Waals surface area contributed by atoms with Crippen molar-refractivity contribution in [2.75, 3.05) is 39.2 Å². The number of ether oxygens (including phenoxy) is 3. The maximum Gasteiger partial charge on any atom is 0.409 e. The topological polar surface area (TPSA) is 115 Å². The fourth-order valence-electron chi connectivity index (χ4n) is 4.27. The molecule has 0 bridgehead atoms. The van der Waals surface area contributed by atoms with Crippen molar-refractivity contribution in [1.29, 1.82) is 0 Å². The molecule has 2 aromatic carbocycles. The van der Waals surface area contributed by atoms with Crippen molar-refractivity contribution in [2.45, 2.75) is 19.0 Å². The van der Waals surface area contributed by atoms with Crippen LogP contribution >= 0.6 is 23.2 Å². The number of carbonyl (C=O) groups excluding carboxylic acids is 2. The minimum atomic E-state index is -0.451. The van der Waals surface area contributed by atoms with Crippen LogP contribution in [-0.2, 0) is 9.53 Å². The number of anilines is 1. The maximum absolute atomic E-state index is 12.3. The van der Waals surface area contributed by atoms with Gasteiger partial charge >= 0.3 is 6.09 Å². The molecule has 0 spiro atoms. The standard InChI is InChI=1S/C26H27Cl2N5O5/c1-5-21(34)30-17-12-33(26(35)38-6-2)13-18(17)32-25-29-11-15-9-14(7-8-16(15)31-25)22-23(27)19(36-3)10-20(37-4)24(22)28/h5,7-11,17-18H,1,6,12-13H2,2-4H3,(H,30,34)(H,29,31,32)/t17-,18+/m0/s1. The van der Waals surface area contributed by atoms with E-state index in [4.69, 9.17) is 37.4 Å². The highest BCUT2D eigenvalue weighted by atomic mass is 35.5. The van der Waals surface area contributed by atoms with Crippen LogP contribution < -0.4 is 20.1 Å². The van der Waals surface area contributed by atoms with E-state index in [1.165, 1.54) is 25.2 Å². The summed E-state index contributed by atoms with van der Waals surface area (Å²) >= 11 is 13.2. The Morgan fingerprint density at radius 2 is 1.82 bits per heavy atom. The molecule has 38 heavy (non-hydrogen) atoms. The van der Waals surface area contributed by atoms with E-state index in [0.717, 1.165) is 10.9 Å². The van der Waals surface area contributed by atoms with Gasteiger partial charge in [0.1, 0.15) is 11.5 Å². The largest absolute Gasteiger partial charge is 0.495 e. The van der Waals surface area contributed by atoms with Crippen molar-refractivity contribution in [1.82, 2.24) is 20.2 Å². The summed E-state index contributed by atoms with van der Waals surface area (Å²) in [5.74, 6) is 0.875. The van der Waals surface area contributed by atoms with Gasteiger partial charge in [0.15, 0.2) is 0 Å². The van der Waals surface area contributed by atoms with Gasteiger partial charge < -0.3 is 29.7 Å². The summed E-state index contributed by atoms with van der Waals surface area (Å²) in [4.78, 5) is 34.8. The molecular formula is C26H27Cl2N5O5. The zero-order chi connectivity index (χ0) is 27.4. The van der Waals surface area contributed by atoms with Crippen LogP contribution in [-0.4, -0.2) is 72.9 Å². The third kappa shape index (κ3) is 5.56. The molecule has 1 saturated heterocycles. The molecule has 3 aromatic rings. The Morgan fingerprint density at radius 1 is 1.13 bits per heavy atom. The van der Waals surface area contributed by atoms with Crippen LogP contribution in [0.5, 0.6) is 11.5 Å². The Morgan fingerprint density at radius 3 is 2.45 bits per heavy atom. The summed E-state index contributed by atoms with van der Waals surface area (Å²) in [6, 6.07) is 6.44. The van der Waals surface area contributed by atoms with Crippen molar-refractivity contribution >= 4 is 52.1 Å². The smallest absolute Gasteiger partial charge is 0.409 e. The molecule has 0 aliphatic carbocycles. The summed E-state index contributed by atoms with van der Waals surface area (Å²) in [6.07, 6.45) is 2.40. The molecule has 0 unspecified atom stereocenters. The van der Waals surface area contributed by atoms with E-state index in [9.17, 15) is 9.59 Å². The molecule has 1 fully saturated rings. The predicted molar refractivity (Wildman–Crippen MR) is 146 cm³/mol. The van der Waals surface area contributed by atoms with E-state index in [1.807, 2.05) is 18.2 Å². The van der Waals surface area contributed by atoms with Gasteiger partial charge in [0.25, 0.3) is 0 Å². The van der Waals surface area contributed by atoms with Crippen molar-refractivity contribution in [3.05, 3.63) is 53.2 Å². The molecule has 12 heteroatoms. The number of fused-ring (bicyclic) bond motifs is 1. The first-order chi connectivity index (χ1) is 18.3. The highest BCUT2D eigenvalue weighted by Crippen LogP contribution is 2.46. The minimum Gasteiger partial charge on any atom is -0.495 e. The van der Waals surface area contributed by atoms with Gasteiger partial charge in [0, 0.05) is 36.3 Å². The van der Waals surface area contributed by atoms with E-state index in [0.29, 0.717) is 45.1 Å². The molecule has 10 nitrogen and oxygen atoms in total. The average molecular weight is 560 g/mol. The molecule has 2 N–H and O–H groups in total. The molecule has 0 saturated carbocycles. The SMILES string of the molecule is C=CC(=O)N[C@H]1CN(C(=O)OCC)C[C@H]1Nc1ncc2cc(-c3c(Cl)c(OC)cc(OC)c3Cl)ccc2n1. The zero-order valence-corrected chi connectivity index (χ0v) is 22.6. The molecule has 4 rings (SSSR count). The van der Waals surface area contributed by atoms with Gasteiger partial charge in [-0.05, 0) is 30.7 Å². The van der Waals surface area contributed by atoms with Crippen LogP contribution in [0.25, 0.3) is 22.0 Å². The highest BCUT2D eigenvalue weighted by molar-refractivity contribution is 6.41. The summed E-state index contributed by atoms with van der Waals surface area (Å²) in [6.45, 7) is 6.07. The Labute approximate surface area is 229 Å². The van der Waals surface area contributed by atoms with Gasteiger partial charge in [-0.1, -0.05) is 35.8 Å². The van der Waals surface area contributed by atoms with Crippen molar-refractivity contribution in [3.8, 4) is 22.6 Å². The average Bonchev–Trinajstić information content (AvgIpc) is 3.31. The summed E-state index contributed by atoms with van der Waals surface area (Å²) in [5.41, 5.74) is 1.97. The van der Waals surface area contributed by atoms with E-state index in [1.54, 1.807) is 19.2 Å². The zero-order valence-electron chi connectivity index (χ0n) is 21.1. The Bertz CT molecular complexity index is 1360. The third-order valence-corrected chi connectivity index (χ3v) is 6.87. The summed E-state index contributed by atoms with van der Waals surface area (Å²) in [5, 5.41) is 7.55. The van der Waals surface area contributed by atoms with Gasteiger partial charge in [-0.2, -0.15) is 0 Å². The van der Waals surface area contributed by atoms with Crippen LogP contribution in [0.4, 0.5) is 10.7 Å². The summed E-state index contributed by atoms with van der Waals surface area (Å²) < 4.78 is 15.9. The predicted octanol–water partition coefficient (Wildman–Crippen LogP) is 4.54. The molecule has 1 aromatic heterocycles. The fourth-order valence-corrected chi connectivity index (χ4v) is 4.98. The van der Waals surface area contributed by atoms with Crippen molar-refractivity contribution < 1.29 is 23.8 Å². The minimum absolute atomic E-state index is 0.256. The van der Waals surface area contributed by atoms with Crippen LogP contribution in [0.3, 0.4) is 0 Å². The first-order valence-corrected chi connectivity index (χ1v) is 12.5. The first-order valence-electron chi connectivity index (χ1n) is 11.8. The lowest BCUT2D eigenvalue weighted by atomic mass is 10.0. The number of carbonyl (C=O) groups is 2. The second-order valence-corrected chi connectivity index (χ2v) is 9.18. The second kappa shape index (κ2) is 11.7. The number of likely N-dealkylation sites (tertiary alicyclic amines) is 1. The Kier molecular flexibility index (Phi) is 8.43. The number of benzene rings is 2. The quantitative estimate of drug-likeness (QED) is 0.386. The lowest BCUT2D eigenvalue weighted by molar-refractivity contribution is -0.117. The number of nitrogens with one attached hydrogen (secondary N) is 2. The molecule has 1 aliphatic heterocycles. The first kappa shape index (κ1) is 27.3. The Balaban J connectivity index is 1.62. The van der Waals surface area contributed by atoms with E-state index in [-0.39, 0.29) is 31.1 Å². The lowest BCUT2D eigenvalue weighted by Crippen LogP contribution is -2.45. The monoisotopic (exact) mass is 559 g/mol. The van der Waals surface area contributed by atoms with Crippen LogP contribution in [0.15, 0.2) is 43.1 Å². The van der Waals surface area contributed by atoms with Crippen LogP contribution in [0, 0.1) is 0 Å². The number of hydrogen-bond donors (Lipinski definition) is 2. The molecule has 2 heterocycles. The number of amides is 2.